The van der Waals surface area contributed by atoms with E-state index in [1.807, 2.05) is 25.1 Å². The fourth-order valence-electron chi connectivity index (χ4n) is 2.03. The minimum atomic E-state index is -0.464. The summed E-state index contributed by atoms with van der Waals surface area (Å²) >= 11 is 5.96. The molecule has 0 saturated carbocycles. The van der Waals surface area contributed by atoms with Crippen LogP contribution < -0.4 is 10.1 Å². The first-order valence-electron chi connectivity index (χ1n) is 6.35. The van der Waals surface area contributed by atoms with E-state index < -0.39 is 4.92 Å². The molecule has 0 bridgehead atoms. The fraction of sp³-hybridized carbons (Fsp3) is 0.200. The lowest BCUT2D eigenvalue weighted by Crippen LogP contribution is -2.07. The van der Waals surface area contributed by atoms with Gasteiger partial charge in [-0.3, -0.25) is 10.1 Å². The SMILES string of the molecule is COc1ccc(NC(C)c2cccc(Cl)c2)cc1[N+](=O)[O-]. The number of nitro groups is 1. The summed E-state index contributed by atoms with van der Waals surface area (Å²) in [5.74, 6) is 0.237. The number of nitro benzene ring substituents is 1. The molecule has 1 atom stereocenters. The first-order valence-corrected chi connectivity index (χ1v) is 6.73. The van der Waals surface area contributed by atoms with Crippen molar-refractivity contribution in [2.75, 3.05) is 12.4 Å². The number of hydrogen-bond acceptors (Lipinski definition) is 4. The Morgan fingerprint density at radius 2 is 2.05 bits per heavy atom. The third-order valence-electron chi connectivity index (χ3n) is 3.11. The highest BCUT2D eigenvalue weighted by Crippen LogP contribution is 2.31. The summed E-state index contributed by atoms with van der Waals surface area (Å²) in [6.45, 7) is 1.96. The molecule has 2 aromatic rings. The molecule has 2 rings (SSSR count). The predicted octanol–water partition coefficient (Wildman–Crippen LogP) is 4.43. The second-order valence-corrected chi connectivity index (χ2v) is 5.00. The number of anilines is 1. The van der Waals surface area contributed by atoms with E-state index in [9.17, 15) is 10.1 Å². The Balaban J connectivity index is 2.23. The van der Waals surface area contributed by atoms with E-state index in [0.717, 1.165) is 5.56 Å². The molecule has 0 fully saturated rings. The standard InChI is InChI=1S/C15H15ClN2O3/c1-10(11-4-3-5-12(16)8-11)17-13-6-7-15(21-2)14(9-13)18(19)20/h3-10,17H,1-2H3. The Labute approximate surface area is 127 Å². The molecule has 0 saturated heterocycles. The van der Waals surface area contributed by atoms with Gasteiger partial charge in [0.25, 0.3) is 0 Å². The Morgan fingerprint density at radius 3 is 2.67 bits per heavy atom. The maximum atomic E-state index is 11.0. The van der Waals surface area contributed by atoms with Crippen molar-refractivity contribution in [2.24, 2.45) is 0 Å². The summed E-state index contributed by atoms with van der Waals surface area (Å²) in [6, 6.07) is 12.2. The fourth-order valence-corrected chi connectivity index (χ4v) is 2.23. The van der Waals surface area contributed by atoms with Gasteiger partial charge in [-0.1, -0.05) is 23.7 Å². The smallest absolute Gasteiger partial charge is 0.312 e. The van der Waals surface area contributed by atoms with Crippen LogP contribution in [-0.4, -0.2) is 12.0 Å². The number of halogens is 1. The van der Waals surface area contributed by atoms with Gasteiger partial charge in [-0.25, -0.2) is 0 Å². The molecule has 0 heterocycles. The lowest BCUT2D eigenvalue weighted by molar-refractivity contribution is -0.385. The normalized spacial score (nSPS) is 11.8. The number of nitrogens with zero attached hydrogens (tertiary/aromatic N) is 1. The van der Waals surface area contributed by atoms with Crippen molar-refractivity contribution in [2.45, 2.75) is 13.0 Å². The largest absolute Gasteiger partial charge is 0.490 e. The molecule has 0 amide bonds. The Bertz CT molecular complexity index is 661. The number of nitrogens with one attached hydrogen (secondary N) is 1. The van der Waals surface area contributed by atoms with Crippen molar-refractivity contribution >= 4 is 23.0 Å². The van der Waals surface area contributed by atoms with Gasteiger partial charge in [0.15, 0.2) is 5.75 Å². The molecule has 6 heteroatoms. The Hall–Kier alpha value is -2.27. The van der Waals surface area contributed by atoms with Gasteiger partial charge in [0.2, 0.25) is 0 Å². The molecule has 21 heavy (non-hydrogen) atoms. The van der Waals surface area contributed by atoms with Crippen LogP contribution in [0, 0.1) is 10.1 Å². The Morgan fingerprint density at radius 1 is 1.29 bits per heavy atom. The van der Waals surface area contributed by atoms with Crippen molar-refractivity contribution in [3.63, 3.8) is 0 Å². The molecule has 0 aromatic heterocycles. The van der Waals surface area contributed by atoms with Crippen molar-refractivity contribution in [1.82, 2.24) is 0 Å². The summed E-state index contributed by atoms with van der Waals surface area (Å²) in [4.78, 5) is 10.5. The van der Waals surface area contributed by atoms with Gasteiger partial charge in [0.1, 0.15) is 0 Å². The van der Waals surface area contributed by atoms with Crippen molar-refractivity contribution in [3.8, 4) is 5.75 Å². The van der Waals surface area contributed by atoms with Crippen LogP contribution in [0.1, 0.15) is 18.5 Å². The van der Waals surface area contributed by atoms with E-state index in [1.54, 1.807) is 18.2 Å². The average Bonchev–Trinajstić information content (AvgIpc) is 2.47. The quantitative estimate of drug-likeness (QED) is 0.655. The third-order valence-corrected chi connectivity index (χ3v) is 3.34. The van der Waals surface area contributed by atoms with E-state index >= 15 is 0 Å². The van der Waals surface area contributed by atoms with Gasteiger partial charge in [-0.05, 0) is 36.8 Å². The van der Waals surface area contributed by atoms with Gasteiger partial charge in [0, 0.05) is 22.8 Å². The van der Waals surface area contributed by atoms with E-state index in [0.29, 0.717) is 10.7 Å². The molecule has 0 radical (unpaired) electrons. The summed E-state index contributed by atoms with van der Waals surface area (Å²) in [5, 5.41) is 14.9. The number of hydrogen-bond donors (Lipinski definition) is 1. The predicted molar refractivity (Wildman–Crippen MR) is 83.1 cm³/mol. The molecule has 0 aliphatic carbocycles. The van der Waals surface area contributed by atoms with Crippen molar-refractivity contribution in [1.29, 1.82) is 0 Å². The molecular weight excluding hydrogens is 292 g/mol. The number of benzene rings is 2. The molecule has 110 valence electrons. The van der Waals surface area contributed by atoms with E-state index in [4.69, 9.17) is 16.3 Å². The molecule has 5 nitrogen and oxygen atoms in total. The first-order chi connectivity index (χ1) is 10.0. The van der Waals surface area contributed by atoms with E-state index in [-0.39, 0.29) is 17.5 Å². The lowest BCUT2D eigenvalue weighted by atomic mass is 10.1. The minimum absolute atomic E-state index is 0.0308. The van der Waals surface area contributed by atoms with E-state index in [2.05, 4.69) is 5.32 Å². The van der Waals surface area contributed by atoms with Gasteiger partial charge in [0.05, 0.1) is 12.0 Å². The van der Waals surface area contributed by atoms with E-state index in [1.165, 1.54) is 13.2 Å². The topological polar surface area (TPSA) is 64.4 Å². The highest BCUT2D eigenvalue weighted by Gasteiger charge is 2.16. The molecule has 1 N–H and O–H groups in total. The summed E-state index contributed by atoms with van der Waals surface area (Å²) in [7, 11) is 1.41. The number of rotatable bonds is 5. The van der Waals surface area contributed by atoms with Gasteiger partial charge >= 0.3 is 5.69 Å². The van der Waals surface area contributed by atoms with Crippen LogP contribution in [0.2, 0.25) is 5.02 Å². The highest BCUT2D eigenvalue weighted by atomic mass is 35.5. The molecule has 1 unspecified atom stereocenters. The lowest BCUT2D eigenvalue weighted by Gasteiger charge is -2.16. The number of methoxy groups -OCH3 is 1. The minimum Gasteiger partial charge on any atom is -0.490 e. The zero-order chi connectivity index (χ0) is 15.4. The molecular formula is C15H15ClN2O3. The average molecular weight is 307 g/mol. The molecule has 0 spiro atoms. The molecule has 0 aliphatic heterocycles. The zero-order valence-electron chi connectivity index (χ0n) is 11.7. The van der Waals surface area contributed by atoms with Crippen molar-refractivity contribution in [3.05, 3.63) is 63.2 Å². The van der Waals surface area contributed by atoms with Crippen LogP contribution in [0.25, 0.3) is 0 Å². The van der Waals surface area contributed by atoms with Crippen LogP contribution in [0.4, 0.5) is 11.4 Å². The van der Waals surface area contributed by atoms with Crippen molar-refractivity contribution < 1.29 is 9.66 Å². The highest BCUT2D eigenvalue weighted by molar-refractivity contribution is 6.30. The maximum Gasteiger partial charge on any atom is 0.312 e. The second-order valence-electron chi connectivity index (χ2n) is 4.56. The molecule has 0 aliphatic rings. The Kier molecular flexibility index (Phi) is 4.65. The monoisotopic (exact) mass is 306 g/mol. The van der Waals surface area contributed by atoms with Crippen LogP contribution in [0.3, 0.4) is 0 Å². The van der Waals surface area contributed by atoms with Crippen LogP contribution in [0.5, 0.6) is 5.75 Å². The zero-order valence-corrected chi connectivity index (χ0v) is 12.4. The molecule has 2 aromatic carbocycles. The summed E-state index contributed by atoms with van der Waals surface area (Å²) in [5.41, 5.74) is 1.58. The van der Waals surface area contributed by atoms with Gasteiger partial charge in [-0.15, -0.1) is 0 Å². The summed E-state index contributed by atoms with van der Waals surface area (Å²) in [6.07, 6.45) is 0. The van der Waals surface area contributed by atoms with Gasteiger partial charge < -0.3 is 10.1 Å². The second kappa shape index (κ2) is 6.45. The third kappa shape index (κ3) is 3.64. The maximum absolute atomic E-state index is 11.0. The van der Waals surface area contributed by atoms with Crippen LogP contribution >= 0.6 is 11.6 Å². The van der Waals surface area contributed by atoms with Gasteiger partial charge in [-0.2, -0.15) is 0 Å². The van der Waals surface area contributed by atoms with Crippen LogP contribution in [0.15, 0.2) is 42.5 Å². The first kappa shape index (κ1) is 15.1. The van der Waals surface area contributed by atoms with Crippen LogP contribution in [-0.2, 0) is 0 Å². The summed E-state index contributed by atoms with van der Waals surface area (Å²) < 4.78 is 4.98. The number of ether oxygens (including phenoxy) is 1.